The monoisotopic (exact) mass is 267 g/mol. The molecule has 0 radical (unpaired) electrons. The minimum Gasteiger partial charge on any atom is -0.481 e. The number of hydrogen-bond acceptors (Lipinski definition) is 2. The molecule has 0 aromatic heterocycles. The van der Waals surface area contributed by atoms with Gasteiger partial charge in [0, 0.05) is 24.2 Å². The fourth-order valence-electron chi connectivity index (χ4n) is 2.62. The Balaban J connectivity index is 2.11. The molecule has 3 nitrogen and oxygen atoms in total. The van der Waals surface area contributed by atoms with Crippen LogP contribution in [0.2, 0.25) is 5.02 Å². The van der Waals surface area contributed by atoms with Crippen molar-refractivity contribution in [2.45, 2.75) is 19.9 Å². The van der Waals surface area contributed by atoms with Crippen LogP contribution >= 0.6 is 11.6 Å². The highest BCUT2D eigenvalue weighted by molar-refractivity contribution is 6.30. The van der Waals surface area contributed by atoms with Crippen molar-refractivity contribution in [2.75, 3.05) is 13.1 Å². The molecule has 0 saturated carbocycles. The Morgan fingerprint density at radius 1 is 1.50 bits per heavy atom. The first-order valence-corrected chi connectivity index (χ1v) is 6.59. The summed E-state index contributed by atoms with van der Waals surface area (Å²) in [7, 11) is 0. The number of rotatable bonds is 3. The fourth-order valence-corrected chi connectivity index (χ4v) is 2.82. The molecule has 1 unspecified atom stereocenters. The lowest BCUT2D eigenvalue weighted by Crippen LogP contribution is -2.26. The first-order chi connectivity index (χ1) is 8.49. The van der Waals surface area contributed by atoms with Crippen molar-refractivity contribution < 1.29 is 9.90 Å². The van der Waals surface area contributed by atoms with Crippen molar-refractivity contribution in [3.63, 3.8) is 0 Å². The summed E-state index contributed by atoms with van der Waals surface area (Å²) in [5.41, 5.74) is 1.14. The number of carboxylic acids is 1. The van der Waals surface area contributed by atoms with Gasteiger partial charge in [0.1, 0.15) is 0 Å². The van der Waals surface area contributed by atoms with Crippen LogP contribution in [-0.2, 0) is 4.79 Å². The SMILES string of the molecule is CC(c1cccc(Cl)c1)N1C[C@@H](C)[C@H](C(=O)O)C1. The number of likely N-dealkylation sites (tertiary alicyclic amines) is 1. The zero-order chi connectivity index (χ0) is 13.3. The Bertz CT molecular complexity index is 449. The van der Waals surface area contributed by atoms with Gasteiger partial charge in [-0.2, -0.15) is 0 Å². The Kier molecular flexibility index (Phi) is 3.93. The zero-order valence-corrected chi connectivity index (χ0v) is 11.4. The molecule has 1 heterocycles. The molecule has 3 atom stereocenters. The highest BCUT2D eigenvalue weighted by atomic mass is 35.5. The number of benzene rings is 1. The zero-order valence-electron chi connectivity index (χ0n) is 10.6. The number of nitrogens with zero attached hydrogens (tertiary/aromatic N) is 1. The summed E-state index contributed by atoms with van der Waals surface area (Å²) in [5, 5.41) is 9.87. The van der Waals surface area contributed by atoms with Crippen LogP contribution in [-0.4, -0.2) is 29.1 Å². The molecule has 0 spiro atoms. The van der Waals surface area contributed by atoms with Gasteiger partial charge in [0.15, 0.2) is 0 Å². The molecule has 0 bridgehead atoms. The highest BCUT2D eigenvalue weighted by Gasteiger charge is 2.36. The van der Waals surface area contributed by atoms with E-state index in [1.165, 1.54) is 0 Å². The minimum atomic E-state index is -0.691. The normalized spacial score (nSPS) is 26.2. The molecule has 1 aromatic rings. The van der Waals surface area contributed by atoms with E-state index in [1.54, 1.807) is 0 Å². The summed E-state index contributed by atoms with van der Waals surface area (Å²) >= 11 is 5.99. The Labute approximate surface area is 112 Å². The predicted octanol–water partition coefficient (Wildman–Crippen LogP) is 3.05. The third-order valence-electron chi connectivity index (χ3n) is 3.84. The van der Waals surface area contributed by atoms with Crippen molar-refractivity contribution in [3.05, 3.63) is 34.9 Å². The smallest absolute Gasteiger partial charge is 0.308 e. The largest absolute Gasteiger partial charge is 0.481 e. The van der Waals surface area contributed by atoms with Crippen LogP contribution < -0.4 is 0 Å². The Morgan fingerprint density at radius 2 is 2.22 bits per heavy atom. The van der Waals surface area contributed by atoms with E-state index in [0.29, 0.717) is 6.54 Å². The van der Waals surface area contributed by atoms with Crippen molar-refractivity contribution in [1.29, 1.82) is 0 Å². The van der Waals surface area contributed by atoms with Gasteiger partial charge in [-0.15, -0.1) is 0 Å². The third-order valence-corrected chi connectivity index (χ3v) is 4.07. The van der Waals surface area contributed by atoms with Gasteiger partial charge in [0.25, 0.3) is 0 Å². The first kappa shape index (κ1) is 13.4. The molecule has 18 heavy (non-hydrogen) atoms. The maximum atomic E-state index is 11.1. The number of halogens is 1. The topological polar surface area (TPSA) is 40.5 Å². The average molecular weight is 268 g/mol. The summed E-state index contributed by atoms with van der Waals surface area (Å²) < 4.78 is 0. The van der Waals surface area contributed by atoms with Gasteiger partial charge < -0.3 is 5.11 Å². The fraction of sp³-hybridized carbons (Fsp3) is 0.500. The molecule has 0 aliphatic carbocycles. The molecule has 1 N–H and O–H groups in total. The van der Waals surface area contributed by atoms with Crippen molar-refractivity contribution in [2.24, 2.45) is 11.8 Å². The highest BCUT2D eigenvalue weighted by Crippen LogP contribution is 2.31. The van der Waals surface area contributed by atoms with Gasteiger partial charge in [-0.25, -0.2) is 0 Å². The molecule has 1 aliphatic heterocycles. The second-order valence-electron chi connectivity index (χ2n) is 5.11. The van der Waals surface area contributed by atoms with Crippen molar-refractivity contribution in [1.82, 2.24) is 4.90 Å². The van der Waals surface area contributed by atoms with E-state index < -0.39 is 5.97 Å². The lowest BCUT2D eigenvalue weighted by molar-refractivity contribution is -0.142. The third kappa shape index (κ3) is 2.68. The van der Waals surface area contributed by atoms with Crippen LogP contribution in [0.5, 0.6) is 0 Å². The summed E-state index contributed by atoms with van der Waals surface area (Å²) in [6, 6.07) is 7.98. The predicted molar refractivity (Wildman–Crippen MR) is 71.7 cm³/mol. The molecule has 4 heteroatoms. The van der Waals surface area contributed by atoms with Crippen LogP contribution in [0.3, 0.4) is 0 Å². The van der Waals surface area contributed by atoms with Gasteiger partial charge >= 0.3 is 5.97 Å². The number of carbonyl (C=O) groups is 1. The lowest BCUT2D eigenvalue weighted by Gasteiger charge is -2.24. The number of carboxylic acid groups (broad SMARTS) is 1. The summed E-state index contributed by atoms with van der Waals surface area (Å²) in [6.07, 6.45) is 0. The van der Waals surface area contributed by atoms with Crippen LogP contribution in [0, 0.1) is 11.8 Å². The second kappa shape index (κ2) is 5.29. The summed E-state index contributed by atoms with van der Waals surface area (Å²) in [6.45, 7) is 5.54. The van der Waals surface area contributed by atoms with Crippen LogP contribution in [0.4, 0.5) is 0 Å². The van der Waals surface area contributed by atoms with Crippen molar-refractivity contribution >= 4 is 17.6 Å². The average Bonchev–Trinajstić information content (AvgIpc) is 2.70. The molecule has 98 valence electrons. The van der Waals surface area contributed by atoms with E-state index in [2.05, 4.69) is 11.8 Å². The van der Waals surface area contributed by atoms with Gasteiger partial charge in [-0.3, -0.25) is 9.69 Å². The molecule has 0 amide bonds. The molecule has 2 rings (SSSR count). The van der Waals surface area contributed by atoms with E-state index in [0.717, 1.165) is 17.1 Å². The van der Waals surface area contributed by atoms with Gasteiger partial charge in [-0.1, -0.05) is 30.7 Å². The quantitative estimate of drug-likeness (QED) is 0.915. The molecule has 1 saturated heterocycles. The van der Waals surface area contributed by atoms with E-state index in [9.17, 15) is 4.79 Å². The second-order valence-corrected chi connectivity index (χ2v) is 5.54. The molecular weight excluding hydrogens is 250 g/mol. The standard InChI is InChI=1S/C14H18ClNO2/c1-9-7-16(8-13(9)14(17)18)10(2)11-4-3-5-12(15)6-11/h3-6,9-10,13H,7-8H2,1-2H3,(H,17,18)/t9-,10?,13-/m1/s1. The Morgan fingerprint density at radius 3 is 2.78 bits per heavy atom. The van der Waals surface area contributed by atoms with E-state index in [-0.39, 0.29) is 17.9 Å². The maximum Gasteiger partial charge on any atom is 0.308 e. The van der Waals surface area contributed by atoms with Crippen LogP contribution in [0.25, 0.3) is 0 Å². The van der Waals surface area contributed by atoms with Crippen LogP contribution in [0.1, 0.15) is 25.5 Å². The van der Waals surface area contributed by atoms with Gasteiger partial charge in [0.2, 0.25) is 0 Å². The Hall–Kier alpha value is -1.06. The van der Waals surface area contributed by atoms with Crippen molar-refractivity contribution in [3.8, 4) is 0 Å². The van der Waals surface area contributed by atoms with E-state index in [1.807, 2.05) is 31.2 Å². The summed E-state index contributed by atoms with van der Waals surface area (Å²) in [4.78, 5) is 13.3. The number of hydrogen-bond donors (Lipinski definition) is 1. The van der Waals surface area contributed by atoms with Crippen LogP contribution in [0.15, 0.2) is 24.3 Å². The molecular formula is C14H18ClNO2. The number of aliphatic carboxylic acids is 1. The molecule has 1 aromatic carbocycles. The molecule has 1 aliphatic rings. The minimum absolute atomic E-state index is 0.198. The van der Waals surface area contributed by atoms with Gasteiger partial charge in [-0.05, 0) is 30.5 Å². The van der Waals surface area contributed by atoms with Gasteiger partial charge in [0.05, 0.1) is 5.92 Å². The summed E-state index contributed by atoms with van der Waals surface area (Å²) in [5.74, 6) is -0.751. The van der Waals surface area contributed by atoms with E-state index in [4.69, 9.17) is 16.7 Å². The maximum absolute atomic E-state index is 11.1. The molecule has 1 fully saturated rings. The first-order valence-electron chi connectivity index (χ1n) is 6.21. The van der Waals surface area contributed by atoms with E-state index >= 15 is 0 Å². The lowest BCUT2D eigenvalue weighted by atomic mass is 9.99.